The molecule has 1 saturated heterocycles. The van der Waals surface area contributed by atoms with Crippen LogP contribution in [-0.4, -0.2) is 29.6 Å². The van der Waals surface area contributed by atoms with Gasteiger partial charge in [-0.3, -0.25) is 0 Å². The standard InChI is InChI=1S/C18H29NO/c1-4-5-16-6-8-19(13-16)9-7-18(20)17-11-14(2)10-15(3)12-17/h10-12,16,18,20H,4-9,13H2,1-3H3. The van der Waals surface area contributed by atoms with Crippen LogP contribution in [0.4, 0.5) is 0 Å². The molecule has 2 rings (SSSR count). The molecule has 0 spiro atoms. The Hall–Kier alpha value is -0.860. The molecule has 2 nitrogen and oxygen atoms in total. The van der Waals surface area contributed by atoms with Gasteiger partial charge in [-0.1, -0.05) is 42.7 Å². The van der Waals surface area contributed by atoms with Crippen LogP contribution in [0.25, 0.3) is 0 Å². The van der Waals surface area contributed by atoms with Crippen LogP contribution >= 0.6 is 0 Å². The molecular weight excluding hydrogens is 246 g/mol. The van der Waals surface area contributed by atoms with Crippen molar-refractivity contribution in [2.45, 2.75) is 52.6 Å². The van der Waals surface area contributed by atoms with Crippen molar-refractivity contribution in [1.82, 2.24) is 4.90 Å². The number of aryl methyl sites for hydroxylation is 2. The van der Waals surface area contributed by atoms with Crippen molar-refractivity contribution in [3.8, 4) is 0 Å². The van der Waals surface area contributed by atoms with Gasteiger partial charge in [0.2, 0.25) is 0 Å². The van der Waals surface area contributed by atoms with Crippen molar-refractivity contribution in [3.05, 3.63) is 34.9 Å². The average Bonchev–Trinajstić information content (AvgIpc) is 2.83. The van der Waals surface area contributed by atoms with Gasteiger partial charge in [0, 0.05) is 13.1 Å². The molecule has 0 radical (unpaired) electrons. The number of rotatable bonds is 6. The minimum Gasteiger partial charge on any atom is -0.388 e. The molecule has 1 heterocycles. The Bertz CT molecular complexity index is 409. The predicted molar refractivity (Wildman–Crippen MR) is 84.9 cm³/mol. The second-order valence-electron chi connectivity index (χ2n) is 6.47. The molecule has 1 aliphatic rings. The average molecular weight is 275 g/mol. The number of hydrogen-bond donors (Lipinski definition) is 1. The third-order valence-corrected chi connectivity index (χ3v) is 4.41. The summed E-state index contributed by atoms with van der Waals surface area (Å²) in [5.41, 5.74) is 3.55. The van der Waals surface area contributed by atoms with Crippen molar-refractivity contribution in [1.29, 1.82) is 0 Å². The van der Waals surface area contributed by atoms with Crippen LogP contribution in [0.3, 0.4) is 0 Å². The highest BCUT2D eigenvalue weighted by Gasteiger charge is 2.22. The normalized spacial score (nSPS) is 21.3. The fourth-order valence-corrected chi connectivity index (χ4v) is 3.43. The van der Waals surface area contributed by atoms with Crippen LogP contribution in [0.15, 0.2) is 18.2 Å². The van der Waals surface area contributed by atoms with Crippen molar-refractivity contribution in [2.75, 3.05) is 19.6 Å². The van der Waals surface area contributed by atoms with E-state index in [4.69, 9.17) is 0 Å². The number of aliphatic hydroxyl groups is 1. The summed E-state index contributed by atoms with van der Waals surface area (Å²) >= 11 is 0. The molecule has 1 aromatic rings. The van der Waals surface area contributed by atoms with E-state index in [9.17, 15) is 5.11 Å². The van der Waals surface area contributed by atoms with Crippen LogP contribution in [0.5, 0.6) is 0 Å². The van der Waals surface area contributed by atoms with Gasteiger partial charge in [-0.15, -0.1) is 0 Å². The second kappa shape index (κ2) is 7.24. The van der Waals surface area contributed by atoms with Gasteiger partial charge >= 0.3 is 0 Å². The highest BCUT2D eigenvalue weighted by atomic mass is 16.3. The lowest BCUT2D eigenvalue weighted by atomic mass is 10.0. The van der Waals surface area contributed by atoms with Gasteiger partial charge in [0.1, 0.15) is 0 Å². The Balaban J connectivity index is 1.82. The molecule has 0 bridgehead atoms. The van der Waals surface area contributed by atoms with Gasteiger partial charge < -0.3 is 10.0 Å². The molecule has 2 heteroatoms. The number of hydrogen-bond acceptors (Lipinski definition) is 2. The minimum absolute atomic E-state index is 0.321. The summed E-state index contributed by atoms with van der Waals surface area (Å²) in [5, 5.41) is 10.4. The molecule has 2 atom stereocenters. The highest BCUT2D eigenvalue weighted by Crippen LogP contribution is 2.24. The molecule has 1 aromatic carbocycles. The lowest BCUT2D eigenvalue weighted by Gasteiger charge is -2.19. The molecule has 0 aromatic heterocycles. The third-order valence-electron chi connectivity index (χ3n) is 4.41. The summed E-state index contributed by atoms with van der Waals surface area (Å²) in [6.07, 6.45) is 4.52. The van der Waals surface area contributed by atoms with Crippen LogP contribution in [-0.2, 0) is 0 Å². The van der Waals surface area contributed by atoms with Crippen molar-refractivity contribution in [3.63, 3.8) is 0 Å². The summed E-state index contributed by atoms with van der Waals surface area (Å²) in [7, 11) is 0. The maximum Gasteiger partial charge on any atom is 0.0802 e. The smallest absolute Gasteiger partial charge is 0.0802 e. The minimum atomic E-state index is -0.321. The Morgan fingerprint density at radius 3 is 2.60 bits per heavy atom. The molecular formula is C18H29NO. The van der Waals surface area contributed by atoms with Gasteiger partial charge in [-0.2, -0.15) is 0 Å². The Labute approximate surface area is 123 Å². The quantitative estimate of drug-likeness (QED) is 0.852. The molecule has 2 unspecified atom stereocenters. The van der Waals surface area contributed by atoms with Crippen LogP contribution < -0.4 is 0 Å². The Kier molecular flexibility index (Phi) is 5.62. The van der Waals surface area contributed by atoms with Gasteiger partial charge in [-0.25, -0.2) is 0 Å². The van der Waals surface area contributed by atoms with E-state index in [2.05, 4.69) is 43.9 Å². The number of likely N-dealkylation sites (tertiary alicyclic amines) is 1. The SMILES string of the molecule is CCCC1CCN(CCC(O)c2cc(C)cc(C)c2)C1. The Morgan fingerprint density at radius 1 is 1.25 bits per heavy atom. The van der Waals surface area contributed by atoms with Gasteiger partial charge in [0.25, 0.3) is 0 Å². The van der Waals surface area contributed by atoms with Crippen LogP contribution in [0.1, 0.15) is 55.4 Å². The summed E-state index contributed by atoms with van der Waals surface area (Å²) in [5.74, 6) is 0.887. The van der Waals surface area contributed by atoms with E-state index in [1.807, 2.05) is 0 Å². The zero-order valence-corrected chi connectivity index (χ0v) is 13.2. The van der Waals surface area contributed by atoms with E-state index in [1.54, 1.807) is 0 Å². The first-order valence-electron chi connectivity index (χ1n) is 8.07. The van der Waals surface area contributed by atoms with E-state index >= 15 is 0 Å². The van der Waals surface area contributed by atoms with Gasteiger partial charge in [-0.05, 0) is 51.1 Å². The lowest BCUT2D eigenvalue weighted by molar-refractivity contribution is 0.147. The van der Waals surface area contributed by atoms with Crippen molar-refractivity contribution < 1.29 is 5.11 Å². The summed E-state index contributed by atoms with van der Waals surface area (Å²) < 4.78 is 0. The first kappa shape index (κ1) is 15.5. The van der Waals surface area contributed by atoms with E-state index < -0.39 is 0 Å². The second-order valence-corrected chi connectivity index (χ2v) is 6.47. The number of nitrogens with zero attached hydrogens (tertiary/aromatic N) is 1. The summed E-state index contributed by atoms with van der Waals surface area (Å²) in [6, 6.07) is 6.38. The molecule has 20 heavy (non-hydrogen) atoms. The number of aliphatic hydroxyl groups excluding tert-OH is 1. The number of benzene rings is 1. The van der Waals surface area contributed by atoms with E-state index in [-0.39, 0.29) is 6.10 Å². The Morgan fingerprint density at radius 2 is 1.95 bits per heavy atom. The predicted octanol–water partition coefficient (Wildman–Crippen LogP) is 3.85. The lowest BCUT2D eigenvalue weighted by Crippen LogP contribution is -2.23. The molecule has 1 fully saturated rings. The molecule has 112 valence electrons. The van der Waals surface area contributed by atoms with E-state index in [0.29, 0.717) is 0 Å². The third kappa shape index (κ3) is 4.32. The molecule has 1 aliphatic heterocycles. The maximum atomic E-state index is 10.4. The fraction of sp³-hybridized carbons (Fsp3) is 0.667. The summed E-state index contributed by atoms with van der Waals surface area (Å²) in [4.78, 5) is 2.52. The topological polar surface area (TPSA) is 23.5 Å². The molecule has 1 N–H and O–H groups in total. The molecule has 0 aliphatic carbocycles. The zero-order valence-electron chi connectivity index (χ0n) is 13.2. The van der Waals surface area contributed by atoms with E-state index in [1.165, 1.54) is 43.5 Å². The zero-order chi connectivity index (χ0) is 14.5. The van der Waals surface area contributed by atoms with Gasteiger partial charge in [0.15, 0.2) is 0 Å². The molecule has 0 saturated carbocycles. The van der Waals surface area contributed by atoms with Crippen LogP contribution in [0, 0.1) is 19.8 Å². The first-order chi connectivity index (χ1) is 9.58. The fourth-order valence-electron chi connectivity index (χ4n) is 3.43. The molecule has 0 amide bonds. The summed E-state index contributed by atoms with van der Waals surface area (Å²) in [6.45, 7) is 9.93. The first-order valence-corrected chi connectivity index (χ1v) is 8.07. The monoisotopic (exact) mass is 275 g/mol. The highest BCUT2D eigenvalue weighted by molar-refractivity contribution is 5.29. The van der Waals surface area contributed by atoms with Crippen LogP contribution in [0.2, 0.25) is 0 Å². The largest absolute Gasteiger partial charge is 0.388 e. The van der Waals surface area contributed by atoms with Gasteiger partial charge in [0.05, 0.1) is 6.10 Å². The van der Waals surface area contributed by atoms with Crippen molar-refractivity contribution >= 4 is 0 Å². The van der Waals surface area contributed by atoms with E-state index in [0.717, 1.165) is 24.4 Å². The van der Waals surface area contributed by atoms with Crippen molar-refractivity contribution in [2.24, 2.45) is 5.92 Å². The maximum absolute atomic E-state index is 10.4.